The molecule has 0 atom stereocenters. The van der Waals surface area contributed by atoms with Crippen molar-refractivity contribution in [3.63, 3.8) is 0 Å². The van der Waals surface area contributed by atoms with Gasteiger partial charge < -0.3 is 23.9 Å². The fraction of sp³-hybridized carbons (Fsp3) is 0. The lowest BCUT2D eigenvalue weighted by atomic mass is 10.3. The lowest BCUT2D eigenvalue weighted by molar-refractivity contribution is -0.398. The second kappa shape index (κ2) is 7.62. The smallest absolute Gasteiger partial charge is 0.0315 e. The summed E-state index contributed by atoms with van der Waals surface area (Å²) in [5.74, 6) is 0. The van der Waals surface area contributed by atoms with Gasteiger partial charge >= 0.3 is 0 Å². The summed E-state index contributed by atoms with van der Waals surface area (Å²) in [6.07, 6.45) is 0. The zero-order valence-electron chi connectivity index (χ0n) is 6.16. The summed E-state index contributed by atoms with van der Waals surface area (Å²) in [5, 5.41) is 8.38. The van der Waals surface area contributed by atoms with Gasteiger partial charge in [-0.1, -0.05) is 0 Å². The normalized spacial score (nSPS) is 7.00. The van der Waals surface area contributed by atoms with E-state index in [-0.39, 0.29) is 17.7 Å². The fourth-order valence-corrected chi connectivity index (χ4v) is 0.496. The van der Waals surface area contributed by atoms with Crippen molar-refractivity contribution in [1.29, 1.82) is 0 Å². The van der Waals surface area contributed by atoms with Crippen molar-refractivity contribution in [2.75, 3.05) is 11.5 Å². The molecule has 0 aliphatic rings. The monoisotopic (exact) mass is 190 g/mol. The number of nitrogen functional groups attached to an aromatic ring is 2. The van der Waals surface area contributed by atoms with E-state index in [1.54, 1.807) is 24.3 Å². The van der Waals surface area contributed by atoms with Gasteiger partial charge in [0.2, 0.25) is 0 Å². The van der Waals surface area contributed by atoms with Crippen LogP contribution in [0.3, 0.4) is 0 Å². The number of benzene rings is 1. The number of nitrogens with one attached hydrogen (secondary N) is 1. The summed E-state index contributed by atoms with van der Waals surface area (Å²) in [4.78, 5) is 8.12. The number of halogens is 1. The van der Waals surface area contributed by atoms with Gasteiger partial charge in [0.15, 0.2) is 0 Å². The summed E-state index contributed by atoms with van der Waals surface area (Å²) in [5.41, 5.74) is 12.2. The Bertz CT molecular complexity index is 194. The third kappa shape index (κ3) is 6.63. The van der Waals surface area contributed by atoms with E-state index in [4.69, 9.17) is 21.6 Å². The van der Waals surface area contributed by atoms with Crippen molar-refractivity contribution in [1.82, 2.24) is 0 Å². The SMILES string of the molecule is Nc1ccc(N)cc1.O=[NH+][O-].[Cl-]. The Hall–Kier alpha value is -1.49. The van der Waals surface area contributed by atoms with E-state index in [0.29, 0.717) is 0 Å². The van der Waals surface area contributed by atoms with Crippen LogP contribution < -0.4 is 29.2 Å². The Balaban J connectivity index is 0. The second-order valence-electron chi connectivity index (χ2n) is 1.75. The summed E-state index contributed by atoms with van der Waals surface area (Å²) in [6, 6.07) is 7.09. The molecule has 0 spiro atoms. The topological polar surface area (TPSA) is 106 Å². The molecule has 1 rings (SSSR count). The van der Waals surface area contributed by atoms with Crippen molar-refractivity contribution < 1.29 is 17.7 Å². The second-order valence-corrected chi connectivity index (χ2v) is 1.75. The minimum atomic E-state index is 0. The molecule has 0 radical (unpaired) electrons. The molecule has 5 nitrogen and oxygen atoms in total. The molecule has 0 aliphatic heterocycles. The lowest BCUT2D eigenvalue weighted by Gasteiger charge is -1.90. The first-order chi connectivity index (χ1) is 5.20. The van der Waals surface area contributed by atoms with Crippen molar-refractivity contribution in [2.24, 2.45) is 0 Å². The average Bonchev–Trinajstić information content (AvgIpc) is 1.97. The highest BCUT2D eigenvalue weighted by atomic mass is 35.5. The van der Waals surface area contributed by atoms with Crippen molar-refractivity contribution >= 4 is 11.4 Å². The molecule has 0 heterocycles. The van der Waals surface area contributed by atoms with Crippen LogP contribution in [0.5, 0.6) is 0 Å². The van der Waals surface area contributed by atoms with Gasteiger partial charge in [-0.25, -0.2) is 0 Å². The van der Waals surface area contributed by atoms with E-state index < -0.39 is 0 Å². The van der Waals surface area contributed by atoms with Gasteiger partial charge in [-0.05, 0) is 24.3 Å². The molecule has 0 fully saturated rings. The van der Waals surface area contributed by atoms with Crippen LogP contribution in [0, 0.1) is 10.1 Å². The van der Waals surface area contributed by atoms with Gasteiger partial charge in [0.25, 0.3) is 0 Å². The standard InChI is InChI=1S/C6H8N2.ClH.HNO2/c7-5-1-2-6(8)4-3-5;;2-1-3/h1-4H,7-8H2;1H;1H/p-1. The molecule has 1 aromatic carbocycles. The van der Waals surface area contributed by atoms with E-state index in [9.17, 15) is 0 Å². The van der Waals surface area contributed by atoms with Gasteiger partial charge in [0.1, 0.15) is 0 Å². The van der Waals surface area contributed by atoms with E-state index in [1.807, 2.05) is 0 Å². The quantitative estimate of drug-likeness (QED) is 0.222. The molecule has 0 unspecified atom stereocenters. The molecule has 5 N–H and O–H groups in total. The summed E-state index contributed by atoms with van der Waals surface area (Å²) in [7, 11) is 0. The molecule has 0 saturated carbocycles. The number of anilines is 2. The molecule has 1 aromatic rings. The molecule has 0 amide bonds. The summed E-state index contributed by atoms with van der Waals surface area (Å²) in [6.45, 7) is 0. The van der Waals surface area contributed by atoms with Gasteiger partial charge in [-0.2, -0.15) is 0 Å². The van der Waals surface area contributed by atoms with Crippen LogP contribution in [0.4, 0.5) is 11.4 Å². The first-order valence-electron chi connectivity index (χ1n) is 2.81. The molecular formula is C6H9ClN3O2-. The third-order valence-corrected chi connectivity index (χ3v) is 0.936. The van der Waals surface area contributed by atoms with Crippen LogP contribution in [-0.4, -0.2) is 0 Å². The van der Waals surface area contributed by atoms with E-state index >= 15 is 0 Å². The summed E-state index contributed by atoms with van der Waals surface area (Å²) < 4.78 is 0. The maximum Gasteiger partial charge on any atom is 0.0315 e. The van der Waals surface area contributed by atoms with Crippen LogP contribution in [0.2, 0.25) is 0 Å². The molecule has 0 bridgehead atoms. The summed E-state index contributed by atoms with van der Waals surface area (Å²) >= 11 is 0. The average molecular weight is 191 g/mol. The molecule has 68 valence electrons. The number of hydrogen-bond donors (Lipinski definition) is 3. The van der Waals surface area contributed by atoms with E-state index in [0.717, 1.165) is 11.4 Å². The lowest BCUT2D eigenvalue weighted by Crippen LogP contribution is -3.00. The maximum absolute atomic E-state index is 8.12. The van der Waals surface area contributed by atoms with E-state index in [1.165, 1.54) is 0 Å². The Kier molecular flexibility index (Phi) is 8.33. The molecule has 0 saturated heterocycles. The van der Waals surface area contributed by atoms with Crippen LogP contribution in [0.25, 0.3) is 0 Å². The van der Waals surface area contributed by atoms with Crippen molar-refractivity contribution in [3.05, 3.63) is 34.4 Å². The highest BCUT2D eigenvalue weighted by Crippen LogP contribution is 2.04. The predicted octanol–water partition coefficient (Wildman–Crippen LogP) is -3.81. The van der Waals surface area contributed by atoms with Crippen molar-refractivity contribution in [2.45, 2.75) is 0 Å². The van der Waals surface area contributed by atoms with Gasteiger partial charge in [0.05, 0.1) is 0 Å². The zero-order chi connectivity index (χ0) is 8.69. The molecule has 12 heavy (non-hydrogen) atoms. The Morgan fingerprint density at radius 3 is 1.42 bits per heavy atom. The van der Waals surface area contributed by atoms with Crippen LogP contribution in [0.15, 0.2) is 24.3 Å². The minimum Gasteiger partial charge on any atom is -1.00 e. The first kappa shape index (κ1) is 13.1. The number of nitrogens with two attached hydrogens (primary N) is 2. The third-order valence-electron chi connectivity index (χ3n) is 0.936. The van der Waals surface area contributed by atoms with Gasteiger partial charge in [0, 0.05) is 16.7 Å². The van der Waals surface area contributed by atoms with Gasteiger partial charge in [-0.15, -0.1) is 0 Å². The Labute approximate surface area is 75.7 Å². The molecule has 6 heteroatoms. The number of hydrogen-bond acceptors (Lipinski definition) is 4. The molecule has 0 aliphatic carbocycles. The highest BCUT2D eigenvalue weighted by Gasteiger charge is 1.80. The Morgan fingerprint density at radius 2 is 1.25 bits per heavy atom. The largest absolute Gasteiger partial charge is 1.00 e. The zero-order valence-corrected chi connectivity index (χ0v) is 6.91. The Morgan fingerprint density at radius 1 is 1.08 bits per heavy atom. The van der Waals surface area contributed by atoms with Crippen molar-refractivity contribution in [3.8, 4) is 0 Å². The maximum atomic E-state index is 8.12. The van der Waals surface area contributed by atoms with Gasteiger partial charge in [-0.3, -0.25) is 10.1 Å². The highest BCUT2D eigenvalue weighted by molar-refractivity contribution is 5.47. The number of rotatable bonds is 0. The van der Waals surface area contributed by atoms with Crippen LogP contribution in [0.1, 0.15) is 0 Å². The fourth-order valence-electron chi connectivity index (χ4n) is 0.496. The molecular weight excluding hydrogens is 182 g/mol. The molecule has 0 aromatic heterocycles. The first-order valence-corrected chi connectivity index (χ1v) is 2.81. The van der Waals surface area contributed by atoms with Crippen LogP contribution >= 0.6 is 0 Å². The minimum absolute atomic E-state index is 0. The van der Waals surface area contributed by atoms with E-state index in [2.05, 4.69) is 0 Å². The predicted molar refractivity (Wildman–Crippen MR) is 43.0 cm³/mol. The van der Waals surface area contributed by atoms with Crippen LogP contribution in [-0.2, 0) is 0 Å².